The van der Waals surface area contributed by atoms with Crippen LogP contribution in [0.5, 0.6) is 5.75 Å². The largest absolute Gasteiger partial charge is 0.494 e. The van der Waals surface area contributed by atoms with E-state index in [4.69, 9.17) is 14.0 Å². The van der Waals surface area contributed by atoms with E-state index in [0.717, 1.165) is 11.0 Å². The number of carbonyl (C=O) groups is 1. The topological polar surface area (TPSA) is 56.8 Å². The molecule has 0 atom stereocenters. The van der Waals surface area contributed by atoms with Crippen LogP contribution in [-0.2, 0) is 14.1 Å². The molecular formula is C17H26BNO4. The van der Waals surface area contributed by atoms with E-state index >= 15 is 0 Å². The number of carbonyl (C=O) groups excluding carboxylic acids is 1. The fourth-order valence-electron chi connectivity index (χ4n) is 2.35. The second-order valence-corrected chi connectivity index (χ2v) is 6.86. The quantitative estimate of drug-likeness (QED) is 0.841. The lowest BCUT2D eigenvalue weighted by Gasteiger charge is -2.32. The van der Waals surface area contributed by atoms with E-state index in [1.807, 2.05) is 59.7 Å². The monoisotopic (exact) mass is 319 g/mol. The minimum atomic E-state index is -0.392. The third-order valence-corrected chi connectivity index (χ3v) is 4.46. The van der Waals surface area contributed by atoms with Gasteiger partial charge in [-0.3, -0.25) is 4.79 Å². The van der Waals surface area contributed by atoms with E-state index in [1.54, 1.807) is 0 Å². The lowest BCUT2D eigenvalue weighted by atomic mass is 9.78. The molecule has 0 saturated carbocycles. The van der Waals surface area contributed by atoms with Gasteiger partial charge in [0.25, 0.3) is 5.91 Å². The number of amides is 1. The van der Waals surface area contributed by atoms with Crippen LogP contribution in [0.2, 0.25) is 0 Å². The fraction of sp³-hybridized carbons (Fsp3) is 0.588. The summed E-state index contributed by atoms with van der Waals surface area (Å²) in [6.07, 6.45) is 0. The Bertz CT molecular complexity index is 570. The molecule has 1 fully saturated rings. The average Bonchev–Trinajstić information content (AvgIpc) is 2.66. The lowest BCUT2D eigenvalue weighted by Crippen LogP contribution is -2.41. The number of likely N-dealkylation sites (N-methyl/N-ethyl adjacent to an activating group) is 1. The molecule has 1 aromatic carbocycles. The third-order valence-electron chi connectivity index (χ3n) is 4.46. The van der Waals surface area contributed by atoms with Crippen LogP contribution in [0.1, 0.15) is 40.2 Å². The molecule has 5 nitrogen and oxygen atoms in total. The highest BCUT2D eigenvalue weighted by molar-refractivity contribution is 6.62. The van der Waals surface area contributed by atoms with Crippen molar-refractivity contribution in [1.29, 1.82) is 0 Å². The van der Waals surface area contributed by atoms with E-state index < -0.39 is 7.12 Å². The Balaban J connectivity index is 2.07. The summed E-state index contributed by atoms with van der Waals surface area (Å²) in [4.78, 5) is 11.5. The van der Waals surface area contributed by atoms with Gasteiger partial charge >= 0.3 is 7.12 Å². The maximum atomic E-state index is 11.5. The Morgan fingerprint density at radius 2 is 1.83 bits per heavy atom. The fourth-order valence-corrected chi connectivity index (χ4v) is 2.35. The summed E-state index contributed by atoms with van der Waals surface area (Å²) in [6, 6.07) is 5.76. The van der Waals surface area contributed by atoms with Crippen molar-refractivity contribution in [2.24, 2.45) is 0 Å². The van der Waals surface area contributed by atoms with Gasteiger partial charge in [-0.15, -0.1) is 0 Å². The molecule has 1 N–H and O–H groups in total. The highest BCUT2D eigenvalue weighted by Gasteiger charge is 2.51. The second-order valence-electron chi connectivity index (χ2n) is 6.86. The van der Waals surface area contributed by atoms with Gasteiger partial charge in [0, 0.05) is 6.54 Å². The summed E-state index contributed by atoms with van der Waals surface area (Å²) in [7, 11) is -0.392. The molecule has 6 heteroatoms. The summed E-state index contributed by atoms with van der Waals surface area (Å²) < 4.78 is 17.7. The molecule has 126 valence electrons. The number of nitrogens with one attached hydrogen (secondary N) is 1. The van der Waals surface area contributed by atoms with Crippen LogP contribution in [0, 0.1) is 6.92 Å². The van der Waals surface area contributed by atoms with E-state index in [1.165, 1.54) is 0 Å². The van der Waals surface area contributed by atoms with Crippen LogP contribution in [0.25, 0.3) is 0 Å². The predicted molar refractivity (Wildman–Crippen MR) is 91.1 cm³/mol. The zero-order chi connectivity index (χ0) is 17.3. The molecule has 23 heavy (non-hydrogen) atoms. The van der Waals surface area contributed by atoms with Gasteiger partial charge in [0.2, 0.25) is 0 Å². The Labute approximate surface area is 138 Å². The SMILES string of the molecule is CCNC(=O)COc1ccc(B2OC(C)(C)C(C)(C)O2)cc1C. The molecule has 1 amide bonds. The predicted octanol–water partition coefficient (Wildman–Crippen LogP) is 1.81. The van der Waals surface area contributed by atoms with Crippen molar-refractivity contribution in [3.63, 3.8) is 0 Å². The van der Waals surface area contributed by atoms with Crippen molar-refractivity contribution < 1.29 is 18.8 Å². The Kier molecular flexibility index (Phi) is 5.06. The van der Waals surface area contributed by atoms with E-state index in [0.29, 0.717) is 12.3 Å². The molecule has 0 bridgehead atoms. The summed E-state index contributed by atoms with van der Waals surface area (Å²) in [5.74, 6) is 0.568. The Morgan fingerprint density at radius 1 is 1.22 bits per heavy atom. The molecule has 1 aliphatic heterocycles. The van der Waals surface area contributed by atoms with Crippen LogP contribution in [-0.4, -0.2) is 37.4 Å². The lowest BCUT2D eigenvalue weighted by molar-refractivity contribution is -0.122. The van der Waals surface area contributed by atoms with Gasteiger partial charge < -0.3 is 19.4 Å². The molecule has 0 aliphatic carbocycles. The highest BCUT2D eigenvalue weighted by Crippen LogP contribution is 2.36. The van der Waals surface area contributed by atoms with Crippen LogP contribution >= 0.6 is 0 Å². The van der Waals surface area contributed by atoms with Crippen molar-refractivity contribution in [2.75, 3.05) is 13.2 Å². The van der Waals surface area contributed by atoms with Gasteiger partial charge in [-0.2, -0.15) is 0 Å². The molecular weight excluding hydrogens is 293 g/mol. The maximum Gasteiger partial charge on any atom is 0.494 e. The Hall–Kier alpha value is -1.53. The number of aryl methyl sites for hydroxylation is 1. The molecule has 0 radical (unpaired) electrons. The van der Waals surface area contributed by atoms with Crippen LogP contribution in [0.15, 0.2) is 18.2 Å². The molecule has 1 saturated heterocycles. The molecule has 1 aromatic rings. The smallest absolute Gasteiger partial charge is 0.484 e. The summed E-state index contributed by atoms with van der Waals surface area (Å²) in [5.41, 5.74) is 1.17. The van der Waals surface area contributed by atoms with Crippen molar-refractivity contribution in [1.82, 2.24) is 5.32 Å². The van der Waals surface area contributed by atoms with Gasteiger partial charge in [-0.25, -0.2) is 0 Å². The van der Waals surface area contributed by atoms with Crippen molar-refractivity contribution in [3.8, 4) is 5.75 Å². The zero-order valence-corrected chi connectivity index (χ0v) is 14.9. The van der Waals surface area contributed by atoms with Crippen LogP contribution < -0.4 is 15.5 Å². The van der Waals surface area contributed by atoms with E-state index in [9.17, 15) is 4.79 Å². The molecule has 2 rings (SSSR count). The summed E-state index contributed by atoms with van der Waals surface area (Å²) in [5, 5.41) is 2.71. The van der Waals surface area contributed by atoms with Gasteiger partial charge in [0.1, 0.15) is 5.75 Å². The molecule has 1 heterocycles. The van der Waals surface area contributed by atoms with Crippen LogP contribution in [0.3, 0.4) is 0 Å². The first-order chi connectivity index (χ1) is 10.7. The van der Waals surface area contributed by atoms with Gasteiger partial charge in [0.05, 0.1) is 11.2 Å². The maximum absolute atomic E-state index is 11.5. The second kappa shape index (κ2) is 6.53. The van der Waals surface area contributed by atoms with E-state index in [-0.39, 0.29) is 23.7 Å². The molecule has 1 aliphatic rings. The van der Waals surface area contributed by atoms with Crippen molar-refractivity contribution in [2.45, 2.75) is 52.7 Å². The minimum Gasteiger partial charge on any atom is -0.484 e. The number of hydrogen-bond acceptors (Lipinski definition) is 4. The first-order valence-electron chi connectivity index (χ1n) is 8.02. The molecule has 0 spiro atoms. The van der Waals surface area contributed by atoms with Crippen molar-refractivity contribution in [3.05, 3.63) is 23.8 Å². The van der Waals surface area contributed by atoms with E-state index in [2.05, 4.69) is 5.32 Å². The van der Waals surface area contributed by atoms with Gasteiger partial charge in [-0.05, 0) is 58.6 Å². The number of hydrogen-bond donors (Lipinski definition) is 1. The van der Waals surface area contributed by atoms with Gasteiger partial charge in [-0.1, -0.05) is 12.1 Å². The number of rotatable bonds is 5. The summed E-state index contributed by atoms with van der Waals surface area (Å²) >= 11 is 0. The van der Waals surface area contributed by atoms with Crippen LogP contribution in [0.4, 0.5) is 0 Å². The number of benzene rings is 1. The van der Waals surface area contributed by atoms with Crippen molar-refractivity contribution >= 4 is 18.5 Å². The first-order valence-corrected chi connectivity index (χ1v) is 8.02. The van der Waals surface area contributed by atoms with Gasteiger partial charge in [0.15, 0.2) is 6.61 Å². The standard InChI is InChI=1S/C17H26BNO4/c1-7-19-15(20)11-21-14-9-8-13(10-12(14)2)18-22-16(3,4)17(5,6)23-18/h8-10H,7,11H2,1-6H3,(H,19,20). The first kappa shape index (κ1) is 17.8. The summed E-state index contributed by atoms with van der Waals surface area (Å²) in [6.45, 7) is 12.6. The number of ether oxygens (including phenoxy) is 1. The zero-order valence-electron chi connectivity index (χ0n) is 14.9. The normalized spacial score (nSPS) is 18.8. The molecule has 0 aromatic heterocycles. The Morgan fingerprint density at radius 3 is 2.35 bits per heavy atom. The minimum absolute atomic E-state index is 0.0184. The highest BCUT2D eigenvalue weighted by atomic mass is 16.7. The average molecular weight is 319 g/mol. The molecule has 0 unspecified atom stereocenters. The third kappa shape index (κ3) is 3.87.